The van der Waals surface area contributed by atoms with Gasteiger partial charge in [-0.25, -0.2) is 9.20 Å². The van der Waals surface area contributed by atoms with Gasteiger partial charge in [-0.05, 0) is 6.92 Å². The summed E-state index contributed by atoms with van der Waals surface area (Å²) in [5, 5.41) is 29.3. The van der Waals surface area contributed by atoms with Gasteiger partial charge in [-0.1, -0.05) is 0 Å². The highest BCUT2D eigenvalue weighted by molar-refractivity contribution is 5.36. The van der Waals surface area contributed by atoms with Gasteiger partial charge >= 0.3 is 5.69 Å². The molecule has 2 aromatic rings. The van der Waals surface area contributed by atoms with Gasteiger partial charge < -0.3 is 25.8 Å². The van der Waals surface area contributed by atoms with Crippen LogP contribution in [0.1, 0.15) is 6.92 Å². The van der Waals surface area contributed by atoms with Crippen LogP contribution in [0.3, 0.4) is 0 Å². The Morgan fingerprint density at radius 1 is 1.43 bits per heavy atom. The van der Waals surface area contributed by atoms with Gasteiger partial charge in [-0.3, -0.25) is 4.57 Å². The van der Waals surface area contributed by atoms with Crippen LogP contribution >= 0.6 is 0 Å². The summed E-state index contributed by atoms with van der Waals surface area (Å²) in [5.41, 5.74) is 3.44. The minimum Gasteiger partial charge on any atom is -0.394 e. The number of aromatic nitrogens is 4. The molecule has 0 saturated carbocycles. The SMILES string of the molecule is CC1(n2ccn3c(=O)nc(N)nc23)OC(CO)C(O)C1O. The lowest BCUT2D eigenvalue weighted by Crippen LogP contribution is -2.43. The van der Waals surface area contributed by atoms with Crippen molar-refractivity contribution < 1.29 is 20.1 Å². The molecule has 2 aromatic heterocycles. The van der Waals surface area contributed by atoms with Gasteiger partial charge in [0.15, 0.2) is 5.72 Å². The van der Waals surface area contributed by atoms with E-state index in [9.17, 15) is 20.1 Å². The molecule has 0 aliphatic carbocycles. The van der Waals surface area contributed by atoms with E-state index in [4.69, 9.17) is 10.5 Å². The maximum Gasteiger partial charge on any atom is 0.357 e. The maximum absolute atomic E-state index is 11.7. The van der Waals surface area contributed by atoms with Crippen LogP contribution in [0, 0.1) is 0 Å². The summed E-state index contributed by atoms with van der Waals surface area (Å²) in [6.07, 6.45) is -0.679. The fourth-order valence-electron chi connectivity index (χ4n) is 2.58. The zero-order valence-electron chi connectivity index (χ0n) is 11.1. The number of hydrogen-bond donors (Lipinski definition) is 4. The first-order chi connectivity index (χ1) is 9.88. The van der Waals surface area contributed by atoms with Crippen molar-refractivity contribution in [3.05, 3.63) is 22.9 Å². The standard InChI is InChI=1S/C11H15N5O5/c1-11(7(19)6(18)5(4-17)21-11)16-3-2-15-9(16)13-8(12)14-10(15)20/h2-3,5-7,17-19H,4H2,1H3,(H2,12,14,20). The fraction of sp³-hybridized carbons (Fsp3) is 0.545. The Morgan fingerprint density at radius 2 is 2.14 bits per heavy atom. The Bertz CT molecular complexity index is 742. The molecule has 1 aliphatic heterocycles. The van der Waals surface area contributed by atoms with E-state index in [1.165, 1.54) is 23.9 Å². The van der Waals surface area contributed by atoms with Crippen molar-refractivity contribution >= 4 is 11.7 Å². The van der Waals surface area contributed by atoms with E-state index in [1.807, 2.05) is 0 Å². The monoisotopic (exact) mass is 297 g/mol. The Morgan fingerprint density at radius 3 is 2.76 bits per heavy atom. The minimum atomic E-state index is -1.41. The number of nitrogens with two attached hydrogens (primary N) is 1. The second-order valence-electron chi connectivity index (χ2n) is 5.03. The van der Waals surface area contributed by atoms with Crippen molar-refractivity contribution in [2.75, 3.05) is 12.3 Å². The quantitative estimate of drug-likeness (QED) is 0.466. The zero-order valence-corrected chi connectivity index (χ0v) is 11.1. The molecule has 3 rings (SSSR count). The van der Waals surface area contributed by atoms with Gasteiger partial charge in [0.1, 0.15) is 18.3 Å². The molecule has 0 amide bonds. The normalized spacial score (nSPS) is 32.9. The Hall–Kier alpha value is -2.01. The molecule has 0 spiro atoms. The topological polar surface area (TPSA) is 148 Å². The number of ether oxygens (including phenoxy) is 1. The lowest BCUT2D eigenvalue weighted by molar-refractivity contribution is -0.132. The summed E-state index contributed by atoms with van der Waals surface area (Å²) in [6.45, 7) is 1.06. The van der Waals surface area contributed by atoms with Gasteiger partial charge in [-0.2, -0.15) is 9.97 Å². The molecule has 4 unspecified atom stereocenters. The predicted octanol–water partition coefficient (Wildman–Crippen LogP) is -2.74. The highest BCUT2D eigenvalue weighted by Gasteiger charge is 2.52. The molecule has 0 bridgehead atoms. The fourth-order valence-corrected chi connectivity index (χ4v) is 2.58. The van der Waals surface area contributed by atoms with Crippen molar-refractivity contribution in [1.29, 1.82) is 0 Å². The van der Waals surface area contributed by atoms with Gasteiger partial charge in [0.25, 0.3) is 0 Å². The number of hydrogen-bond acceptors (Lipinski definition) is 8. The third-order valence-corrected chi connectivity index (χ3v) is 3.73. The van der Waals surface area contributed by atoms with E-state index in [0.717, 1.165) is 4.40 Å². The lowest BCUT2D eigenvalue weighted by atomic mass is 10.0. The van der Waals surface area contributed by atoms with Crippen molar-refractivity contribution in [2.45, 2.75) is 31.0 Å². The third-order valence-electron chi connectivity index (χ3n) is 3.73. The second-order valence-corrected chi connectivity index (χ2v) is 5.03. The van der Waals surface area contributed by atoms with Crippen molar-refractivity contribution in [3.8, 4) is 0 Å². The van der Waals surface area contributed by atoms with E-state index in [1.54, 1.807) is 0 Å². The number of aliphatic hydroxyl groups is 3. The third kappa shape index (κ3) is 1.84. The second kappa shape index (κ2) is 4.49. The van der Waals surface area contributed by atoms with E-state index < -0.39 is 36.3 Å². The molecule has 1 fully saturated rings. The van der Waals surface area contributed by atoms with Crippen LogP contribution in [-0.4, -0.2) is 59.2 Å². The van der Waals surface area contributed by atoms with E-state index >= 15 is 0 Å². The van der Waals surface area contributed by atoms with Crippen LogP contribution in [0.4, 0.5) is 5.95 Å². The Labute approximate surface area is 118 Å². The Kier molecular flexibility index (Phi) is 2.99. The van der Waals surface area contributed by atoms with Crippen molar-refractivity contribution in [1.82, 2.24) is 18.9 Å². The van der Waals surface area contributed by atoms with Crippen LogP contribution in [-0.2, 0) is 10.5 Å². The number of fused-ring (bicyclic) bond motifs is 1. The van der Waals surface area contributed by atoms with E-state index in [-0.39, 0.29) is 11.7 Å². The van der Waals surface area contributed by atoms with Gasteiger partial charge in [-0.15, -0.1) is 0 Å². The van der Waals surface area contributed by atoms with Gasteiger partial charge in [0.05, 0.1) is 6.61 Å². The predicted molar refractivity (Wildman–Crippen MR) is 69.3 cm³/mol. The molecule has 1 aliphatic rings. The number of nitrogens with zero attached hydrogens (tertiary/aromatic N) is 4. The first-order valence-electron chi connectivity index (χ1n) is 6.27. The lowest BCUT2D eigenvalue weighted by Gasteiger charge is -2.29. The number of anilines is 1. The number of rotatable bonds is 2. The smallest absolute Gasteiger partial charge is 0.357 e. The molecule has 0 radical (unpaired) electrons. The largest absolute Gasteiger partial charge is 0.394 e. The van der Waals surface area contributed by atoms with Gasteiger partial charge in [0, 0.05) is 12.4 Å². The van der Waals surface area contributed by atoms with E-state index in [2.05, 4.69) is 9.97 Å². The molecule has 0 aromatic carbocycles. The summed E-state index contributed by atoms with van der Waals surface area (Å²) in [5.74, 6) is -0.102. The van der Waals surface area contributed by atoms with Crippen molar-refractivity contribution in [3.63, 3.8) is 0 Å². The molecule has 114 valence electrons. The first kappa shape index (κ1) is 13.9. The van der Waals surface area contributed by atoms with Gasteiger partial charge in [0.2, 0.25) is 11.7 Å². The summed E-state index contributed by atoms with van der Waals surface area (Å²) < 4.78 is 8.06. The van der Waals surface area contributed by atoms with Crippen LogP contribution in [0.5, 0.6) is 0 Å². The zero-order chi connectivity index (χ0) is 15.4. The number of aliphatic hydroxyl groups excluding tert-OH is 3. The summed E-state index contributed by atoms with van der Waals surface area (Å²) in [4.78, 5) is 19.2. The number of imidazole rings is 1. The summed E-state index contributed by atoms with van der Waals surface area (Å²) >= 11 is 0. The first-order valence-corrected chi connectivity index (χ1v) is 6.27. The highest BCUT2D eigenvalue weighted by Crippen LogP contribution is 2.36. The van der Waals surface area contributed by atoms with E-state index in [0.29, 0.717) is 0 Å². The number of nitrogen functional groups attached to an aromatic ring is 1. The van der Waals surface area contributed by atoms with Crippen LogP contribution < -0.4 is 11.4 Å². The molecule has 10 heteroatoms. The Balaban J connectivity index is 2.19. The minimum absolute atomic E-state index is 0.111. The highest BCUT2D eigenvalue weighted by atomic mass is 16.6. The average molecular weight is 297 g/mol. The molecule has 21 heavy (non-hydrogen) atoms. The molecule has 10 nitrogen and oxygen atoms in total. The summed E-state index contributed by atoms with van der Waals surface area (Å²) in [6, 6.07) is 0. The van der Waals surface area contributed by atoms with Crippen LogP contribution in [0.2, 0.25) is 0 Å². The van der Waals surface area contributed by atoms with Crippen LogP contribution in [0.15, 0.2) is 17.2 Å². The molecule has 5 N–H and O–H groups in total. The molecule has 3 heterocycles. The molecular formula is C11H15N5O5. The average Bonchev–Trinajstić information content (AvgIpc) is 2.95. The molecular weight excluding hydrogens is 282 g/mol. The van der Waals surface area contributed by atoms with Crippen LogP contribution in [0.25, 0.3) is 5.78 Å². The van der Waals surface area contributed by atoms with Crippen molar-refractivity contribution in [2.24, 2.45) is 0 Å². The summed E-state index contributed by atoms with van der Waals surface area (Å²) in [7, 11) is 0. The molecule has 1 saturated heterocycles. The maximum atomic E-state index is 11.7. The molecule has 4 atom stereocenters.